The van der Waals surface area contributed by atoms with Crippen LogP contribution >= 0.6 is 0 Å². The standard InChI is InChI=1S/C15H13F3N2O/c1-8-4-2-3-5-13(8)20-14(15(19)21)9-6-11(17)12(18)7-10(9)16/h2-7,14,20H,1H3,(H2,19,21). The Morgan fingerprint density at radius 1 is 1.10 bits per heavy atom. The van der Waals surface area contributed by atoms with Crippen molar-refractivity contribution < 1.29 is 18.0 Å². The van der Waals surface area contributed by atoms with Gasteiger partial charge in [-0.2, -0.15) is 0 Å². The van der Waals surface area contributed by atoms with E-state index in [9.17, 15) is 18.0 Å². The minimum absolute atomic E-state index is 0.343. The zero-order chi connectivity index (χ0) is 15.6. The van der Waals surface area contributed by atoms with Crippen molar-refractivity contribution in [1.82, 2.24) is 0 Å². The van der Waals surface area contributed by atoms with Crippen LogP contribution in [-0.4, -0.2) is 5.91 Å². The predicted molar refractivity (Wildman–Crippen MR) is 73.1 cm³/mol. The Morgan fingerprint density at radius 3 is 2.33 bits per heavy atom. The number of amides is 1. The van der Waals surface area contributed by atoms with Crippen LogP contribution < -0.4 is 11.1 Å². The average molecular weight is 294 g/mol. The summed E-state index contributed by atoms with van der Waals surface area (Å²) in [4.78, 5) is 11.5. The highest BCUT2D eigenvalue weighted by Gasteiger charge is 2.24. The smallest absolute Gasteiger partial charge is 0.244 e. The first-order valence-electron chi connectivity index (χ1n) is 6.16. The van der Waals surface area contributed by atoms with E-state index >= 15 is 0 Å². The number of halogens is 3. The molecule has 0 saturated carbocycles. The van der Waals surface area contributed by atoms with E-state index in [1.54, 1.807) is 31.2 Å². The Morgan fingerprint density at radius 2 is 1.71 bits per heavy atom. The molecule has 1 unspecified atom stereocenters. The third-order valence-corrected chi connectivity index (χ3v) is 3.08. The molecule has 2 aromatic rings. The molecule has 0 aliphatic rings. The SMILES string of the molecule is Cc1ccccc1NC(C(N)=O)c1cc(F)c(F)cc1F. The summed E-state index contributed by atoms with van der Waals surface area (Å²) in [6.07, 6.45) is 0. The van der Waals surface area contributed by atoms with Crippen molar-refractivity contribution in [3.63, 3.8) is 0 Å². The zero-order valence-electron chi connectivity index (χ0n) is 11.2. The highest BCUT2D eigenvalue weighted by molar-refractivity contribution is 5.84. The Labute approximate surface area is 119 Å². The van der Waals surface area contributed by atoms with Gasteiger partial charge in [-0.15, -0.1) is 0 Å². The Kier molecular flexibility index (Phi) is 4.16. The fourth-order valence-corrected chi connectivity index (χ4v) is 1.95. The molecule has 0 radical (unpaired) electrons. The van der Waals surface area contributed by atoms with E-state index < -0.39 is 29.4 Å². The van der Waals surface area contributed by atoms with Gasteiger partial charge < -0.3 is 11.1 Å². The number of hydrogen-bond acceptors (Lipinski definition) is 2. The second-order valence-corrected chi connectivity index (χ2v) is 4.58. The first-order valence-corrected chi connectivity index (χ1v) is 6.16. The number of benzene rings is 2. The Bertz CT molecular complexity index is 689. The summed E-state index contributed by atoms with van der Waals surface area (Å²) in [7, 11) is 0. The van der Waals surface area contributed by atoms with E-state index in [0.717, 1.165) is 5.56 Å². The molecule has 0 spiro atoms. The molecule has 0 bridgehead atoms. The molecular formula is C15H13F3N2O. The maximum Gasteiger partial charge on any atom is 0.244 e. The third kappa shape index (κ3) is 3.16. The normalized spacial score (nSPS) is 12.0. The molecule has 2 rings (SSSR count). The topological polar surface area (TPSA) is 55.1 Å². The van der Waals surface area contributed by atoms with Crippen LogP contribution in [0.15, 0.2) is 36.4 Å². The number of carbonyl (C=O) groups excluding carboxylic acids is 1. The van der Waals surface area contributed by atoms with Crippen molar-refractivity contribution in [1.29, 1.82) is 0 Å². The molecule has 3 nitrogen and oxygen atoms in total. The summed E-state index contributed by atoms with van der Waals surface area (Å²) < 4.78 is 40.0. The first-order chi connectivity index (χ1) is 9.90. The van der Waals surface area contributed by atoms with Crippen LogP contribution in [0, 0.1) is 24.4 Å². The number of hydrogen-bond donors (Lipinski definition) is 2. The number of rotatable bonds is 4. The van der Waals surface area contributed by atoms with E-state index in [0.29, 0.717) is 17.8 Å². The van der Waals surface area contributed by atoms with E-state index in [1.165, 1.54) is 0 Å². The average Bonchev–Trinajstić information content (AvgIpc) is 2.42. The summed E-state index contributed by atoms with van der Waals surface area (Å²) in [5, 5.41) is 2.75. The molecule has 21 heavy (non-hydrogen) atoms. The monoisotopic (exact) mass is 294 g/mol. The van der Waals surface area contributed by atoms with Crippen LogP contribution in [0.25, 0.3) is 0 Å². The number of carbonyl (C=O) groups is 1. The molecule has 3 N–H and O–H groups in total. The summed E-state index contributed by atoms with van der Waals surface area (Å²) in [5.41, 5.74) is 6.24. The van der Waals surface area contributed by atoms with Crippen LogP contribution in [0.5, 0.6) is 0 Å². The van der Waals surface area contributed by atoms with Crippen molar-refractivity contribution in [3.05, 3.63) is 65.0 Å². The van der Waals surface area contributed by atoms with Crippen LogP contribution in [0.3, 0.4) is 0 Å². The van der Waals surface area contributed by atoms with Crippen molar-refractivity contribution in [2.24, 2.45) is 5.73 Å². The summed E-state index contributed by atoms with van der Waals surface area (Å²) in [6.45, 7) is 1.78. The first kappa shape index (κ1) is 14.9. The highest BCUT2D eigenvalue weighted by atomic mass is 19.2. The Hall–Kier alpha value is -2.50. The minimum atomic E-state index is -1.32. The van der Waals surface area contributed by atoms with Gasteiger partial charge in [0, 0.05) is 17.3 Å². The van der Waals surface area contributed by atoms with Gasteiger partial charge in [0.2, 0.25) is 5.91 Å². The minimum Gasteiger partial charge on any atom is -0.370 e. The lowest BCUT2D eigenvalue weighted by atomic mass is 10.0. The van der Waals surface area contributed by atoms with Gasteiger partial charge in [-0.25, -0.2) is 13.2 Å². The van der Waals surface area contributed by atoms with Crippen LogP contribution in [0.2, 0.25) is 0 Å². The summed E-state index contributed by atoms with van der Waals surface area (Å²) >= 11 is 0. The molecular weight excluding hydrogens is 281 g/mol. The summed E-state index contributed by atoms with van der Waals surface area (Å²) in [5.74, 6) is -4.51. The van der Waals surface area contributed by atoms with Crippen LogP contribution in [-0.2, 0) is 4.79 Å². The van der Waals surface area contributed by atoms with Crippen molar-refractivity contribution >= 4 is 11.6 Å². The lowest BCUT2D eigenvalue weighted by Gasteiger charge is -2.19. The van der Waals surface area contributed by atoms with Gasteiger partial charge >= 0.3 is 0 Å². The number of nitrogens with one attached hydrogen (secondary N) is 1. The number of nitrogens with two attached hydrogens (primary N) is 1. The predicted octanol–water partition coefficient (Wildman–Crippen LogP) is 3.05. The van der Waals surface area contributed by atoms with Crippen LogP contribution in [0.1, 0.15) is 17.2 Å². The van der Waals surface area contributed by atoms with E-state index in [-0.39, 0.29) is 5.56 Å². The van der Waals surface area contributed by atoms with Gasteiger partial charge in [0.15, 0.2) is 11.6 Å². The van der Waals surface area contributed by atoms with E-state index in [1.807, 2.05) is 0 Å². The highest BCUT2D eigenvalue weighted by Crippen LogP contribution is 2.25. The molecule has 110 valence electrons. The van der Waals surface area contributed by atoms with Gasteiger partial charge in [0.05, 0.1) is 0 Å². The maximum absolute atomic E-state index is 13.8. The third-order valence-electron chi connectivity index (χ3n) is 3.08. The van der Waals surface area contributed by atoms with Crippen LogP contribution in [0.4, 0.5) is 18.9 Å². The zero-order valence-corrected chi connectivity index (χ0v) is 11.2. The molecule has 0 heterocycles. The molecule has 6 heteroatoms. The number of aryl methyl sites for hydroxylation is 1. The van der Waals surface area contributed by atoms with Crippen molar-refractivity contribution in [2.45, 2.75) is 13.0 Å². The lowest BCUT2D eigenvalue weighted by Crippen LogP contribution is -2.29. The quantitative estimate of drug-likeness (QED) is 0.852. The molecule has 0 saturated heterocycles. The van der Waals surface area contributed by atoms with Crippen molar-refractivity contribution in [3.8, 4) is 0 Å². The molecule has 1 amide bonds. The maximum atomic E-state index is 13.8. The number of para-hydroxylation sites is 1. The van der Waals surface area contributed by atoms with Gasteiger partial charge in [-0.3, -0.25) is 4.79 Å². The van der Waals surface area contributed by atoms with Gasteiger partial charge in [-0.1, -0.05) is 18.2 Å². The molecule has 0 aromatic heterocycles. The fourth-order valence-electron chi connectivity index (χ4n) is 1.95. The lowest BCUT2D eigenvalue weighted by molar-refractivity contribution is -0.118. The van der Waals surface area contributed by atoms with E-state index in [4.69, 9.17) is 5.73 Å². The largest absolute Gasteiger partial charge is 0.370 e. The number of primary amides is 1. The van der Waals surface area contributed by atoms with E-state index in [2.05, 4.69) is 5.32 Å². The second kappa shape index (κ2) is 5.87. The van der Waals surface area contributed by atoms with Gasteiger partial charge in [-0.05, 0) is 24.6 Å². The molecule has 2 aromatic carbocycles. The molecule has 0 fully saturated rings. The Balaban J connectivity index is 2.43. The van der Waals surface area contributed by atoms with Gasteiger partial charge in [0.1, 0.15) is 11.9 Å². The molecule has 0 aliphatic heterocycles. The van der Waals surface area contributed by atoms with Gasteiger partial charge in [0.25, 0.3) is 0 Å². The molecule has 1 atom stereocenters. The number of anilines is 1. The second-order valence-electron chi connectivity index (χ2n) is 4.58. The van der Waals surface area contributed by atoms with Crippen molar-refractivity contribution in [2.75, 3.05) is 5.32 Å². The molecule has 0 aliphatic carbocycles. The summed E-state index contributed by atoms with van der Waals surface area (Å²) in [6, 6.07) is 6.67. The fraction of sp³-hybridized carbons (Fsp3) is 0.133.